The van der Waals surface area contributed by atoms with E-state index >= 15 is 0 Å². The van der Waals surface area contributed by atoms with Crippen molar-refractivity contribution in [2.45, 2.75) is 6.42 Å². The zero-order valence-corrected chi connectivity index (χ0v) is 21.6. The molecule has 0 aliphatic rings. The fourth-order valence-corrected chi connectivity index (χ4v) is 3.51. The summed E-state index contributed by atoms with van der Waals surface area (Å²) in [5.41, 5.74) is 1.38. The number of ether oxygens (including phenoxy) is 1. The first-order valence-electron chi connectivity index (χ1n) is 11.8. The number of hydrogen-bond acceptors (Lipinski definition) is 8. The molecule has 0 bridgehead atoms. The molecule has 4 amide bonds. The molecule has 1 aromatic heterocycles. The zero-order chi connectivity index (χ0) is 29.2. The van der Waals surface area contributed by atoms with Crippen LogP contribution in [0.15, 0.2) is 60.8 Å². The maximum absolute atomic E-state index is 12.9. The van der Waals surface area contributed by atoms with Gasteiger partial charge in [-0.3, -0.25) is 34.1 Å². The van der Waals surface area contributed by atoms with Crippen LogP contribution in [0, 0.1) is 10.1 Å². The minimum Gasteiger partial charge on any atom is -0.468 e. The smallest absolute Gasteiger partial charge is 0.325 e. The normalized spacial score (nSPS) is 10.2. The van der Waals surface area contributed by atoms with Gasteiger partial charge in [0.15, 0.2) is 0 Å². The van der Waals surface area contributed by atoms with Gasteiger partial charge in [0.2, 0.25) is 11.8 Å². The molecule has 0 aliphatic heterocycles. The van der Waals surface area contributed by atoms with Crippen LogP contribution in [0.25, 0.3) is 0 Å². The third kappa shape index (κ3) is 8.24. The Bertz CT molecular complexity index is 1460. The molecule has 1 heterocycles. The highest BCUT2D eigenvalue weighted by atomic mass is 16.6. The number of nitro benzene ring substituents is 1. The molecule has 0 spiro atoms. The second kappa shape index (κ2) is 13.3. The maximum atomic E-state index is 12.9. The lowest BCUT2D eigenvalue weighted by molar-refractivity contribution is -0.384. The second-order valence-corrected chi connectivity index (χ2v) is 8.45. The van der Waals surface area contributed by atoms with Crippen LogP contribution in [0.5, 0.6) is 0 Å². The summed E-state index contributed by atoms with van der Waals surface area (Å²) >= 11 is 0. The summed E-state index contributed by atoms with van der Waals surface area (Å²) in [6.07, 6.45) is 1.46. The quantitative estimate of drug-likeness (QED) is 0.156. The van der Waals surface area contributed by atoms with Crippen LogP contribution in [0.3, 0.4) is 0 Å². The second-order valence-electron chi connectivity index (χ2n) is 8.45. The Kier molecular flexibility index (Phi) is 9.67. The Morgan fingerprint density at radius 2 is 1.57 bits per heavy atom. The van der Waals surface area contributed by atoms with Gasteiger partial charge in [0.1, 0.15) is 12.2 Å². The summed E-state index contributed by atoms with van der Waals surface area (Å²) in [5.74, 6) is -2.67. The van der Waals surface area contributed by atoms with Crippen molar-refractivity contribution >= 4 is 46.7 Å². The summed E-state index contributed by atoms with van der Waals surface area (Å²) in [7, 11) is 2.80. The van der Waals surface area contributed by atoms with Crippen LogP contribution in [0.2, 0.25) is 0 Å². The number of hydrogen-bond donors (Lipinski definition) is 4. The van der Waals surface area contributed by atoms with Crippen molar-refractivity contribution in [3.8, 4) is 0 Å². The fraction of sp³-hybridized carbons (Fsp3) is 0.192. The Hall–Kier alpha value is -5.53. The average Bonchev–Trinajstić information content (AvgIpc) is 3.30. The molecule has 0 saturated carbocycles. The minimum atomic E-state index is -0.615. The third-order valence-corrected chi connectivity index (χ3v) is 5.47. The number of anilines is 2. The van der Waals surface area contributed by atoms with Gasteiger partial charge in [0.05, 0.1) is 30.7 Å². The van der Waals surface area contributed by atoms with Crippen molar-refractivity contribution < 1.29 is 33.6 Å². The van der Waals surface area contributed by atoms with Crippen LogP contribution in [-0.4, -0.2) is 59.3 Å². The summed E-state index contributed by atoms with van der Waals surface area (Å²) in [4.78, 5) is 70.7. The van der Waals surface area contributed by atoms with E-state index in [0.29, 0.717) is 16.9 Å². The third-order valence-electron chi connectivity index (χ3n) is 5.47. The number of amides is 4. The number of non-ortho nitro benzene ring substituents is 1. The van der Waals surface area contributed by atoms with E-state index in [1.54, 1.807) is 31.3 Å². The van der Waals surface area contributed by atoms with Crippen LogP contribution in [-0.2, 0) is 32.6 Å². The van der Waals surface area contributed by atoms with Crippen molar-refractivity contribution in [2.75, 3.05) is 30.8 Å². The van der Waals surface area contributed by atoms with Gasteiger partial charge in [-0.25, -0.2) is 0 Å². The van der Waals surface area contributed by atoms with E-state index in [2.05, 4.69) is 26.0 Å². The maximum Gasteiger partial charge on any atom is 0.325 e. The lowest BCUT2D eigenvalue weighted by Gasteiger charge is -2.09. The molecule has 0 unspecified atom stereocenters. The molecule has 208 valence electrons. The number of rotatable bonds is 11. The van der Waals surface area contributed by atoms with Crippen molar-refractivity contribution in [1.29, 1.82) is 0 Å². The largest absolute Gasteiger partial charge is 0.468 e. The molecular formula is C26H26N6O8. The fourth-order valence-electron chi connectivity index (χ4n) is 3.51. The monoisotopic (exact) mass is 550 g/mol. The van der Waals surface area contributed by atoms with Crippen LogP contribution >= 0.6 is 0 Å². The molecule has 0 fully saturated rings. The van der Waals surface area contributed by atoms with Gasteiger partial charge in [-0.2, -0.15) is 0 Å². The van der Waals surface area contributed by atoms with Gasteiger partial charge in [-0.05, 0) is 29.8 Å². The highest BCUT2D eigenvalue weighted by Crippen LogP contribution is 2.19. The first kappa shape index (κ1) is 29.0. The number of nitrogens with one attached hydrogen (secondary N) is 4. The summed E-state index contributed by atoms with van der Waals surface area (Å²) in [6.45, 7) is -0.625. The highest BCUT2D eigenvalue weighted by molar-refractivity contribution is 6.07. The Balaban J connectivity index is 1.57. The standard InChI is InChI=1S/C26H26N6O8/c1-31-15-19(30-25(36)17-6-4-8-20(11-17)32(38)39)12-21(31)26(37)29-18-7-3-5-16(9-18)10-22(33)27-13-23(34)28-14-24(35)40-2/h3-9,11-12,15H,10,13-14H2,1-2H3,(H,27,33)(H,28,34)(H,29,37)(H,30,36). The number of carbonyl (C=O) groups excluding carboxylic acids is 5. The molecule has 2 aromatic carbocycles. The molecule has 0 radical (unpaired) electrons. The van der Waals surface area contributed by atoms with Crippen molar-refractivity contribution in [3.63, 3.8) is 0 Å². The van der Waals surface area contributed by atoms with Crippen LogP contribution in [0.1, 0.15) is 26.4 Å². The van der Waals surface area contributed by atoms with Crippen molar-refractivity contribution in [2.24, 2.45) is 7.05 Å². The van der Waals surface area contributed by atoms with Gasteiger partial charge >= 0.3 is 5.97 Å². The number of aromatic nitrogens is 1. The van der Waals surface area contributed by atoms with Gasteiger partial charge in [0, 0.05) is 36.6 Å². The van der Waals surface area contributed by atoms with E-state index in [1.807, 2.05) is 0 Å². The summed E-state index contributed by atoms with van der Waals surface area (Å²) in [5, 5.41) is 21.1. The molecule has 0 atom stereocenters. The van der Waals surface area contributed by atoms with E-state index in [1.165, 1.54) is 42.1 Å². The molecule has 3 aromatic rings. The number of benzene rings is 2. The van der Waals surface area contributed by atoms with Crippen molar-refractivity contribution in [3.05, 3.63) is 87.7 Å². The molecule has 0 aliphatic carbocycles. The van der Waals surface area contributed by atoms with E-state index in [9.17, 15) is 34.1 Å². The number of nitro groups is 1. The Morgan fingerprint density at radius 3 is 2.30 bits per heavy atom. The summed E-state index contributed by atoms with van der Waals surface area (Å²) < 4.78 is 5.91. The van der Waals surface area contributed by atoms with E-state index in [-0.39, 0.29) is 36.5 Å². The number of carbonyl (C=O) groups is 5. The van der Waals surface area contributed by atoms with Crippen molar-refractivity contribution in [1.82, 2.24) is 15.2 Å². The number of methoxy groups -OCH3 is 1. The molecule has 14 heteroatoms. The summed E-state index contributed by atoms with van der Waals surface area (Å²) in [6, 6.07) is 13.3. The van der Waals surface area contributed by atoms with Gasteiger partial charge in [-0.1, -0.05) is 18.2 Å². The number of esters is 1. The van der Waals surface area contributed by atoms with Crippen LogP contribution in [0.4, 0.5) is 17.1 Å². The first-order chi connectivity index (χ1) is 19.0. The molecular weight excluding hydrogens is 524 g/mol. The lowest BCUT2D eigenvalue weighted by atomic mass is 10.1. The van der Waals surface area contributed by atoms with Gasteiger partial charge < -0.3 is 30.6 Å². The van der Waals surface area contributed by atoms with Gasteiger partial charge in [0.25, 0.3) is 17.5 Å². The first-order valence-corrected chi connectivity index (χ1v) is 11.8. The molecule has 3 rings (SSSR count). The van der Waals surface area contributed by atoms with E-state index in [4.69, 9.17) is 0 Å². The predicted octanol–water partition coefficient (Wildman–Crippen LogP) is 1.39. The molecule has 14 nitrogen and oxygen atoms in total. The predicted molar refractivity (Wildman–Crippen MR) is 143 cm³/mol. The number of aryl methyl sites for hydroxylation is 1. The minimum absolute atomic E-state index is 0.0635. The Labute approximate surface area is 227 Å². The zero-order valence-electron chi connectivity index (χ0n) is 21.6. The van der Waals surface area contributed by atoms with Crippen LogP contribution < -0.4 is 21.3 Å². The van der Waals surface area contributed by atoms with Gasteiger partial charge in [-0.15, -0.1) is 0 Å². The highest BCUT2D eigenvalue weighted by Gasteiger charge is 2.16. The average molecular weight is 551 g/mol. The molecule has 0 saturated heterocycles. The number of nitrogens with zero attached hydrogens (tertiary/aromatic N) is 2. The molecule has 4 N–H and O–H groups in total. The molecule has 40 heavy (non-hydrogen) atoms. The topological polar surface area (TPSA) is 191 Å². The Morgan fingerprint density at radius 1 is 0.875 bits per heavy atom. The SMILES string of the molecule is COC(=O)CNC(=O)CNC(=O)Cc1cccc(NC(=O)c2cc(NC(=O)c3cccc([N+](=O)[O-])c3)cn2C)c1. The lowest BCUT2D eigenvalue weighted by Crippen LogP contribution is -2.39. The van der Waals surface area contributed by atoms with E-state index < -0.39 is 34.5 Å². The van der Waals surface area contributed by atoms with E-state index in [0.717, 1.165) is 6.07 Å².